The molecule has 22 heavy (non-hydrogen) atoms. The Balaban J connectivity index is 0.000000255. The van der Waals surface area contributed by atoms with Gasteiger partial charge >= 0.3 is 0 Å². The van der Waals surface area contributed by atoms with Gasteiger partial charge in [0, 0.05) is 6.54 Å². The topological polar surface area (TPSA) is 38.0 Å². The quantitative estimate of drug-likeness (QED) is 0.718. The molecule has 0 unspecified atom stereocenters. The van der Waals surface area contributed by atoms with E-state index in [-0.39, 0.29) is 0 Å². The van der Waals surface area contributed by atoms with Gasteiger partial charge in [-0.25, -0.2) is 0 Å². The molecule has 0 atom stereocenters. The van der Waals surface area contributed by atoms with E-state index in [1.165, 1.54) is 43.2 Å². The molecule has 2 nitrogen and oxygen atoms in total. The molecule has 0 fully saturated rings. The lowest BCUT2D eigenvalue weighted by molar-refractivity contribution is 0.616. The molecule has 0 aliphatic carbocycles. The van der Waals surface area contributed by atoms with Gasteiger partial charge < -0.3 is 11.1 Å². The molecule has 120 valence electrons. The maximum absolute atomic E-state index is 5.35. The zero-order valence-corrected chi connectivity index (χ0v) is 13.8. The number of nitrogens with one attached hydrogen (secondary N) is 1. The monoisotopic (exact) mass is 298 g/mol. The Labute approximate surface area is 135 Å². The number of unbranched alkanes of at least 4 members (excludes halogenated alkanes) is 3. The van der Waals surface area contributed by atoms with Crippen LogP contribution in [0.15, 0.2) is 60.7 Å². The third kappa shape index (κ3) is 9.32. The van der Waals surface area contributed by atoms with Crippen molar-refractivity contribution in [2.75, 3.05) is 13.6 Å². The SMILES string of the molecule is CNCCCCCCc1ccccc1.NCc1ccccc1. The van der Waals surface area contributed by atoms with Crippen molar-refractivity contribution in [2.45, 2.75) is 38.6 Å². The van der Waals surface area contributed by atoms with E-state index in [1.807, 2.05) is 37.4 Å². The molecule has 0 radical (unpaired) electrons. The molecule has 0 aromatic heterocycles. The molecule has 2 aromatic rings. The van der Waals surface area contributed by atoms with Crippen LogP contribution in [0.5, 0.6) is 0 Å². The third-order valence-corrected chi connectivity index (χ3v) is 3.56. The van der Waals surface area contributed by atoms with Crippen LogP contribution in [0.1, 0.15) is 36.8 Å². The second-order valence-electron chi connectivity index (χ2n) is 5.44. The Bertz CT molecular complexity index is 454. The van der Waals surface area contributed by atoms with Crippen molar-refractivity contribution in [1.29, 1.82) is 0 Å². The standard InChI is InChI=1S/C13H21N.C7H9N/c1-14-12-8-3-2-5-9-13-10-6-4-7-11-13;8-6-7-4-2-1-3-5-7/h4,6-7,10-11,14H,2-3,5,8-9,12H2,1H3;1-5H,6,8H2. The molecule has 3 N–H and O–H groups in total. The van der Waals surface area contributed by atoms with Gasteiger partial charge in [0.2, 0.25) is 0 Å². The molecule has 2 heteroatoms. The summed E-state index contributed by atoms with van der Waals surface area (Å²) in [6.07, 6.45) is 6.59. The second-order valence-corrected chi connectivity index (χ2v) is 5.44. The van der Waals surface area contributed by atoms with Crippen molar-refractivity contribution in [3.05, 3.63) is 71.8 Å². The maximum atomic E-state index is 5.35. The molecular weight excluding hydrogens is 268 g/mol. The highest BCUT2D eigenvalue weighted by Gasteiger charge is 1.92. The first-order valence-electron chi connectivity index (χ1n) is 8.29. The van der Waals surface area contributed by atoms with Crippen molar-refractivity contribution in [1.82, 2.24) is 5.32 Å². The predicted octanol–water partition coefficient (Wildman–Crippen LogP) is 4.15. The molecule has 0 amide bonds. The zero-order valence-electron chi connectivity index (χ0n) is 13.8. The summed E-state index contributed by atoms with van der Waals surface area (Å²) in [7, 11) is 2.02. The smallest absolute Gasteiger partial charge is 0.0178 e. The highest BCUT2D eigenvalue weighted by molar-refractivity contribution is 5.14. The lowest BCUT2D eigenvalue weighted by atomic mass is 10.1. The van der Waals surface area contributed by atoms with E-state index in [2.05, 4.69) is 35.6 Å². The van der Waals surface area contributed by atoms with E-state index in [0.717, 1.165) is 6.54 Å². The molecule has 0 spiro atoms. The van der Waals surface area contributed by atoms with Gasteiger partial charge in [-0.2, -0.15) is 0 Å². The summed E-state index contributed by atoms with van der Waals surface area (Å²) in [5.74, 6) is 0. The average Bonchev–Trinajstić information content (AvgIpc) is 2.60. The molecule has 0 heterocycles. The second kappa shape index (κ2) is 13.1. The number of rotatable bonds is 8. The van der Waals surface area contributed by atoms with E-state index in [0.29, 0.717) is 6.54 Å². The largest absolute Gasteiger partial charge is 0.326 e. The minimum atomic E-state index is 0.640. The van der Waals surface area contributed by atoms with Gasteiger partial charge in [0.15, 0.2) is 0 Å². The van der Waals surface area contributed by atoms with Crippen LogP contribution in [-0.4, -0.2) is 13.6 Å². The molecule has 0 saturated heterocycles. The minimum absolute atomic E-state index is 0.640. The lowest BCUT2D eigenvalue weighted by Gasteiger charge is -2.01. The van der Waals surface area contributed by atoms with Gasteiger partial charge in [-0.15, -0.1) is 0 Å². The molecule has 2 rings (SSSR count). The van der Waals surface area contributed by atoms with Gasteiger partial charge in [-0.3, -0.25) is 0 Å². The molecule has 0 aliphatic heterocycles. The number of nitrogens with two attached hydrogens (primary N) is 1. The van der Waals surface area contributed by atoms with Crippen molar-refractivity contribution < 1.29 is 0 Å². The van der Waals surface area contributed by atoms with Crippen LogP contribution >= 0.6 is 0 Å². The van der Waals surface area contributed by atoms with E-state index < -0.39 is 0 Å². The highest BCUT2D eigenvalue weighted by atomic mass is 14.8. The molecular formula is C20H30N2. The van der Waals surface area contributed by atoms with E-state index in [1.54, 1.807) is 0 Å². The number of hydrogen-bond acceptors (Lipinski definition) is 2. The van der Waals surface area contributed by atoms with E-state index in [4.69, 9.17) is 5.73 Å². The van der Waals surface area contributed by atoms with Crippen molar-refractivity contribution in [3.63, 3.8) is 0 Å². The highest BCUT2D eigenvalue weighted by Crippen LogP contribution is 2.06. The first-order chi connectivity index (χ1) is 10.9. The van der Waals surface area contributed by atoms with Gasteiger partial charge in [-0.05, 0) is 44.0 Å². The molecule has 0 aliphatic rings. The minimum Gasteiger partial charge on any atom is -0.326 e. The summed E-state index contributed by atoms with van der Waals surface area (Å²) in [6.45, 7) is 1.80. The summed E-state index contributed by atoms with van der Waals surface area (Å²) in [5.41, 5.74) is 8.01. The summed E-state index contributed by atoms with van der Waals surface area (Å²) in [5, 5.41) is 3.18. The van der Waals surface area contributed by atoms with Crippen LogP contribution in [0.4, 0.5) is 0 Å². The third-order valence-electron chi connectivity index (χ3n) is 3.56. The Kier molecular flexibility index (Phi) is 10.9. The number of benzene rings is 2. The maximum Gasteiger partial charge on any atom is 0.0178 e. The first-order valence-corrected chi connectivity index (χ1v) is 8.29. The lowest BCUT2D eigenvalue weighted by Crippen LogP contribution is -2.06. The summed E-state index contributed by atoms with van der Waals surface area (Å²) >= 11 is 0. The fourth-order valence-electron chi connectivity index (χ4n) is 2.24. The normalized spacial score (nSPS) is 9.91. The summed E-state index contributed by atoms with van der Waals surface area (Å²) in [6, 6.07) is 20.7. The fraction of sp³-hybridized carbons (Fsp3) is 0.400. The molecule has 2 aromatic carbocycles. The van der Waals surface area contributed by atoms with E-state index in [9.17, 15) is 0 Å². The summed E-state index contributed by atoms with van der Waals surface area (Å²) < 4.78 is 0. The fourth-order valence-corrected chi connectivity index (χ4v) is 2.24. The van der Waals surface area contributed by atoms with Gasteiger partial charge in [0.1, 0.15) is 0 Å². The van der Waals surface area contributed by atoms with E-state index >= 15 is 0 Å². The Morgan fingerprint density at radius 2 is 1.27 bits per heavy atom. The Hall–Kier alpha value is -1.64. The van der Waals surface area contributed by atoms with Crippen molar-refractivity contribution in [2.24, 2.45) is 5.73 Å². The summed E-state index contributed by atoms with van der Waals surface area (Å²) in [4.78, 5) is 0. The van der Waals surface area contributed by atoms with Gasteiger partial charge in [0.05, 0.1) is 0 Å². The Morgan fingerprint density at radius 3 is 1.77 bits per heavy atom. The van der Waals surface area contributed by atoms with Crippen LogP contribution in [0, 0.1) is 0 Å². The van der Waals surface area contributed by atoms with Crippen LogP contribution < -0.4 is 11.1 Å². The molecule has 0 bridgehead atoms. The van der Waals surface area contributed by atoms with Crippen LogP contribution in [-0.2, 0) is 13.0 Å². The average molecular weight is 298 g/mol. The first kappa shape index (κ1) is 18.4. The zero-order chi connectivity index (χ0) is 15.9. The predicted molar refractivity (Wildman–Crippen MR) is 96.9 cm³/mol. The number of hydrogen-bond donors (Lipinski definition) is 2. The van der Waals surface area contributed by atoms with Crippen LogP contribution in [0.2, 0.25) is 0 Å². The van der Waals surface area contributed by atoms with Crippen LogP contribution in [0.3, 0.4) is 0 Å². The van der Waals surface area contributed by atoms with Gasteiger partial charge in [0.25, 0.3) is 0 Å². The van der Waals surface area contributed by atoms with Crippen molar-refractivity contribution in [3.8, 4) is 0 Å². The van der Waals surface area contributed by atoms with Gasteiger partial charge in [-0.1, -0.05) is 73.5 Å². The van der Waals surface area contributed by atoms with Crippen LogP contribution in [0.25, 0.3) is 0 Å². The van der Waals surface area contributed by atoms with Crippen molar-refractivity contribution >= 4 is 0 Å². The molecule has 0 saturated carbocycles. The number of aryl methyl sites for hydroxylation is 1. The Morgan fingerprint density at radius 1 is 0.727 bits per heavy atom.